The van der Waals surface area contributed by atoms with Crippen molar-refractivity contribution in [2.75, 3.05) is 18.1 Å². The van der Waals surface area contributed by atoms with Gasteiger partial charge in [0.05, 0.1) is 12.8 Å². The van der Waals surface area contributed by atoms with Gasteiger partial charge in [0, 0.05) is 19.1 Å². The highest BCUT2D eigenvalue weighted by Crippen LogP contribution is 2.38. The minimum atomic E-state index is 0.151. The number of carbonyl (C=O) groups is 1. The van der Waals surface area contributed by atoms with E-state index in [1.54, 1.807) is 6.20 Å². The summed E-state index contributed by atoms with van der Waals surface area (Å²) in [6.07, 6.45) is 5.69. The average Bonchev–Trinajstić information content (AvgIpc) is 2.46. The molecule has 1 aromatic rings. The second-order valence-electron chi connectivity index (χ2n) is 5.94. The summed E-state index contributed by atoms with van der Waals surface area (Å²) in [5.41, 5.74) is 1.09. The zero-order valence-corrected chi connectivity index (χ0v) is 12.4. The third kappa shape index (κ3) is 2.75. The van der Waals surface area contributed by atoms with Crippen LogP contribution in [0.4, 0.5) is 5.82 Å². The first-order valence-electron chi connectivity index (χ1n) is 7.77. The average molecular weight is 290 g/mol. The third-order valence-electron chi connectivity index (χ3n) is 4.33. The first-order valence-corrected chi connectivity index (χ1v) is 7.77. The van der Waals surface area contributed by atoms with E-state index in [1.807, 2.05) is 11.0 Å². The van der Waals surface area contributed by atoms with Gasteiger partial charge in [0.25, 0.3) is 0 Å². The molecule has 0 saturated heterocycles. The summed E-state index contributed by atoms with van der Waals surface area (Å²) in [6.45, 7) is 2.97. The number of aryl methyl sites for hydroxylation is 1. The van der Waals surface area contributed by atoms with Crippen molar-refractivity contribution in [3.63, 3.8) is 0 Å². The quantitative estimate of drug-likeness (QED) is 0.900. The number of hydrogen-bond acceptors (Lipinski definition) is 4. The van der Waals surface area contributed by atoms with E-state index in [1.165, 1.54) is 0 Å². The molecule has 1 fully saturated rings. The zero-order valence-electron chi connectivity index (χ0n) is 12.4. The van der Waals surface area contributed by atoms with Crippen molar-refractivity contribution in [2.45, 2.75) is 45.1 Å². The van der Waals surface area contributed by atoms with Crippen LogP contribution in [0.25, 0.3) is 0 Å². The van der Waals surface area contributed by atoms with Crippen molar-refractivity contribution in [3.8, 4) is 5.75 Å². The molecular weight excluding hydrogens is 268 g/mol. The lowest BCUT2D eigenvalue weighted by Crippen LogP contribution is -2.51. The van der Waals surface area contributed by atoms with Crippen molar-refractivity contribution in [2.24, 2.45) is 5.92 Å². The molecule has 2 heterocycles. The number of anilines is 1. The highest BCUT2D eigenvalue weighted by Gasteiger charge is 2.39. The molecular formula is C16H22N2O3. The highest BCUT2D eigenvalue weighted by molar-refractivity contribution is 5.96. The van der Waals surface area contributed by atoms with Crippen LogP contribution in [-0.2, 0) is 11.2 Å². The number of aliphatic hydroxyl groups is 1. The number of carbonyl (C=O) groups excluding carboxylic acids is 1. The van der Waals surface area contributed by atoms with E-state index in [-0.39, 0.29) is 18.6 Å². The standard InChI is InChI=1S/C16H22N2O3/c1-2-5-21-14-8-12-3-4-15(20)18(16(12)17-9-14)13-6-11(7-13)10-19/h8-9,11,13,19H,2-7,10H2,1H3. The van der Waals surface area contributed by atoms with E-state index in [0.717, 1.165) is 42.8 Å². The van der Waals surface area contributed by atoms with Crippen LogP contribution in [0.2, 0.25) is 0 Å². The van der Waals surface area contributed by atoms with E-state index in [4.69, 9.17) is 9.84 Å². The van der Waals surface area contributed by atoms with Crippen LogP contribution in [0, 0.1) is 5.92 Å². The van der Waals surface area contributed by atoms with Crippen LogP contribution in [0.15, 0.2) is 12.3 Å². The molecule has 2 aliphatic rings. The normalized spacial score (nSPS) is 24.5. The number of rotatable bonds is 5. The van der Waals surface area contributed by atoms with Crippen LogP contribution < -0.4 is 9.64 Å². The SMILES string of the molecule is CCCOc1cnc2c(c1)CCC(=O)N2C1CC(CO)C1. The Morgan fingerprint density at radius 1 is 1.43 bits per heavy atom. The Morgan fingerprint density at radius 2 is 2.24 bits per heavy atom. The maximum atomic E-state index is 12.2. The largest absolute Gasteiger partial charge is 0.492 e. The number of fused-ring (bicyclic) bond motifs is 1. The molecule has 1 aliphatic carbocycles. The van der Waals surface area contributed by atoms with Crippen molar-refractivity contribution in [1.29, 1.82) is 0 Å². The predicted octanol–water partition coefficient (Wildman–Crippen LogP) is 1.92. The number of aliphatic hydroxyl groups excluding tert-OH is 1. The number of amides is 1. The maximum absolute atomic E-state index is 12.2. The van der Waals surface area contributed by atoms with E-state index < -0.39 is 0 Å². The Hall–Kier alpha value is -1.62. The van der Waals surface area contributed by atoms with Crippen LogP contribution >= 0.6 is 0 Å². The van der Waals surface area contributed by atoms with Gasteiger partial charge in [-0.1, -0.05) is 6.92 Å². The highest BCUT2D eigenvalue weighted by atomic mass is 16.5. The number of hydrogen-bond donors (Lipinski definition) is 1. The summed E-state index contributed by atoms with van der Waals surface area (Å²) in [5.74, 6) is 2.06. The monoisotopic (exact) mass is 290 g/mol. The Kier molecular flexibility index (Phi) is 4.10. The van der Waals surface area contributed by atoms with Gasteiger partial charge >= 0.3 is 0 Å². The van der Waals surface area contributed by atoms with Gasteiger partial charge < -0.3 is 9.84 Å². The van der Waals surface area contributed by atoms with Crippen LogP contribution in [0.5, 0.6) is 5.75 Å². The summed E-state index contributed by atoms with van der Waals surface area (Å²) in [4.78, 5) is 18.6. The van der Waals surface area contributed by atoms with Crippen molar-refractivity contribution >= 4 is 11.7 Å². The number of nitrogens with zero attached hydrogens (tertiary/aromatic N) is 2. The van der Waals surface area contributed by atoms with Gasteiger partial charge in [0.2, 0.25) is 5.91 Å². The summed E-state index contributed by atoms with van der Waals surface area (Å²) in [5, 5.41) is 9.15. The van der Waals surface area contributed by atoms with Crippen molar-refractivity contribution in [3.05, 3.63) is 17.8 Å². The lowest BCUT2D eigenvalue weighted by atomic mass is 9.79. The van der Waals surface area contributed by atoms with E-state index >= 15 is 0 Å². The molecule has 1 aliphatic heterocycles. The maximum Gasteiger partial charge on any atom is 0.228 e. The van der Waals surface area contributed by atoms with Crippen LogP contribution in [0.1, 0.15) is 38.2 Å². The molecule has 1 aromatic heterocycles. The summed E-state index contributed by atoms with van der Waals surface area (Å²) in [6, 6.07) is 2.21. The molecule has 0 aromatic carbocycles. The number of aromatic nitrogens is 1. The van der Waals surface area contributed by atoms with Crippen molar-refractivity contribution in [1.82, 2.24) is 4.98 Å². The molecule has 1 saturated carbocycles. The lowest BCUT2D eigenvalue weighted by molar-refractivity contribution is -0.120. The Labute approximate surface area is 124 Å². The minimum Gasteiger partial charge on any atom is -0.492 e. The van der Waals surface area contributed by atoms with E-state index in [0.29, 0.717) is 18.9 Å². The summed E-state index contributed by atoms with van der Waals surface area (Å²) < 4.78 is 5.62. The van der Waals surface area contributed by atoms with E-state index in [9.17, 15) is 4.79 Å². The van der Waals surface area contributed by atoms with Gasteiger partial charge in [-0.25, -0.2) is 4.98 Å². The fraction of sp³-hybridized carbons (Fsp3) is 0.625. The Balaban J connectivity index is 1.79. The number of pyridine rings is 1. The third-order valence-corrected chi connectivity index (χ3v) is 4.33. The molecule has 114 valence electrons. The molecule has 0 atom stereocenters. The molecule has 1 amide bonds. The smallest absolute Gasteiger partial charge is 0.228 e. The molecule has 3 rings (SSSR count). The fourth-order valence-corrected chi connectivity index (χ4v) is 3.10. The van der Waals surface area contributed by atoms with Gasteiger partial charge in [-0.3, -0.25) is 9.69 Å². The molecule has 21 heavy (non-hydrogen) atoms. The van der Waals surface area contributed by atoms with Crippen LogP contribution in [0.3, 0.4) is 0 Å². The van der Waals surface area contributed by atoms with Crippen molar-refractivity contribution < 1.29 is 14.6 Å². The fourth-order valence-electron chi connectivity index (χ4n) is 3.10. The summed E-state index contributed by atoms with van der Waals surface area (Å²) in [7, 11) is 0. The van der Waals surface area contributed by atoms with Crippen LogP contribution in [-0.4, -0.2) is 35.3 Å². The second kappa shape index (κ2) is 6.02. The zero-order chi connectivity index (χ0) is 14.8. The molecule has 0 unspecified atom stereocenters. The van der Waals surface area contributed by atoms with E-state index in [2.05, 4.69) is 11.9 Å². The molecule has 0 radical (unpaired) electrons. The molecule has 1 N–H and O–H groups in total. The van der Waals surface area contributed by atoms with Gasteiger partial charge in [-0.15, -0.1) is 0 Å². The van der Waals surface area contributed by atoms with Gasteiger partial charge in [-0.2, -0.15) is 0 Å². The van der Waals surface area contributed by atoms with Gasteiger partial charge in [0.15, 0.2) is 0 Å². The molecule has 0 bridgehead atoms. The second-order valence-corrected chi connectivity index (χ2v) is 5.94. The first kappa shape index (κ1) is 14.3. The molecule has 5 nitrogen and oxygen atoms in total. The summed E-state index contributed by atoms with van der Waals surface area (Å²) >= 11 is 0. The lowest BCUT2D eigenvalue weighted by Gasteiger charge is -2.43. The molecule has 0 spiro atoms. The predicted molar refractivity (Wildman–Crippen MR) is 79.4 cm³/mol. The number of ether oxygens (including phenoxy) is 1. The first-order chi connectivity index (χ1) is 10.2. The van der Waals surface area contributed by atoms with Gasteiger partial charge in [-0.05, 0) is 43.2 Å². The Morgan fingerprint density at radius 3 is 2.95 bits per heavy atom. The van der Waals surface area contributed by atoms with Gasteiger partial charge in [0.1, 0.15) is 11.6 Å². The molecule has 5 heteroatoms. The Bertz CT molecular complexity index is 526. The topological polar surface area (TPSA) is 62.7 Å². The minimum absolute atomic E-state index is 0.151.